The van der Waals surface area contributed by atoms with Crippen LogP contribution in [0.4, 0.5) is 0 Å². The Bertz CT molecular complexity index is 395. The molecule has 2 atom stereocenters. The predicted molar refractivity (Wildman–Crippen MR) is 111 cm³/mol. The summed E-state index contributed by atoms with van der Waals surface area (Å²) in [5, 5.41) is 9.29. The van der Waals surface area contributed by atoms with Crippen LogP contribution in [0.15, 0.2) is 0 Å². The molecular formula is C21H44O4S. The lowest BCUT2D eigenvalue weighted by molar-refractivity contribution is 0.147. The number of hydrogen-bond acceptors (Lipinski definition) is 3. The van der Waals surface area contributed by atoms with Crippen LogP contribution in [0.2, 0.25) is 0 Å². The minimum Gasteiger partial charge on any atom is -0.393 e. The molecule has 0 aliphatic carbocycles. The van der Waals surface area contributed by atoms with Crippen LogP contribution in [0.25, 0.3) is 0 Å². The number of aliphatic hydroxyl groups excluding tert-OH is 1. The highest BCUT2D eigenvalue weighted by Crippen LogP contribution is 2.19. The fourth-order valence-corrected chi connectivity index (χ4v) is 4.40. The quantitative estimate of drug-likeness (QED) is 0.200. The molecule has 0 amide bonds. The fourth-order valence-electron chi connectivity index (χ4n) is 3.47. The predicted octanol–water partition coefficient (Wildman–Crippen LogP) is 6.28. The van der Waals surface area contributed by atoms with Crippen molar-refractivity contribution < 1.29 is 18.1 Å². The third-order valence-corrected chi connectivity index (χ3v) is 6.57. The minimum absolute atomic E-state index is 0.265. The summed E-state index contributed by atoms with van der Waals surface area (Å²) in [6, 6.07) is 0. The van der Waals surface area contributed by atoms with Crippen molar-refractivity contribution in [2.24, 2.45) is 0 Å². The molecule has 0 aromatic heterocycles. The van der Waals surface area contributed by atoms with Crippen molar-refractivity contribution in [3.05, 3.63) is 0 Å². The fraction of sp³-hybridized carbons (Fsp3) is 1.00. The molecule has 0 aromatic carbocycles. The Labute approximate surface area is 162 Å². The molecule has 5 heteroatoms. The maximum atomic E-state index is 11.6. The lowest BCUT2D eigenvalue weighted by Gasteiger charge is -2.15. The van der Waals surface area contributed by atoms with Crippen LogP contribution in [0.3, 0.4) is 0 Å². The van der Waals surface area contributed by atoms with Gasteiger partial charge in [-0.15, -0.1) is 0 Å². The zero-order valence-corrected chi connectivity index (χ0v) is 18.1. The van der Waals surface area contributed by atoms with Crippen molar-refractivity contribution in [2.75, 3.05) is 0 Å². The molecule has 0 saturated carbocycles. The van der Waals surface area contributed by atoms with Gasteiger partial charge in [0.2, 0.25) is 0 Å². The molecule has 2 unspecified atom stereocenters. The monoisotopic (exact) mass is 392 g/mol. The first kappa shape index (κ1) is 25.9. The first-order valence-corrected chi connectivity index (χ1v) is 12.6. The Morgan fingerprint density at radius 3 is 1.46 bits per heavy atom. The van der Waals surface area contributed by atoms with E-state index in [1.165, 1.54) is 32.1 Å². The van der Waals surface area contributed by atoms with E-state index in [1.54, 1.807) is 0 Å². The summed E-state index contributed by atoms with van der Waals surface area (Å²) < 4.78 is 32.6. The number of unbranched alkanes of at least 4 members (excludes halogenated alkanes) is 10. The van der Waals surface area contributed by atoms with E-state index in [0.29, 0.717) is 12.8 Å². The molecule has 26 heavy (non-hydrogen) atoms. The first-order valence-electron chi connectivity index (χ1n) is 11.1. The topological polar surface area (TPSA) is 74.6 Å². The largest absolute Gasteiger partial charge is 0.393 e. The van der Waals surface area contributed by atoms with Crippen molar-refractivity contribution in [1.29, 1.82) is 0 Å². The molecule has 0 aliphatic heterocycles. The Kier molecular flexibility index (Phi) is 16.9. The van der Waals surface area contributed by atoms with E-state index in [2.05, 4.69) is 13.8 Å². The highest BCUT2D eigenvalue weighted by Gasteiger charge is 2.22. The van der Waals surface area contributed by atoms with Crippen LogP contribution in [0, 0.1) is 0 Å². The Morgan fingerprint density at radius 1 is 0.615 bits per heavy atom. The third kappa shape index (κ3) is 16.1. The van der Waals surface area contributed by atoms with Crippen LogP contribution in [-0.2, 0) is 10.1 Å². The van der Waals surface area contributed by atoms with Gasteiger partial charge in [0.05, 0.1) is 11.4 Å². The molecule has 2 N–H and O–H groups in total. The molecule has 0 aromatic rings. The SMILES string of the molecule is CCCCCCCCCCC(CCCCC(O)CCCCC)S(=O)(=O)O. The van der Waals surface area contributed by atoms with Gasteiger partial charge in [-0.25, -0.2) is 0 Å². The van der Waals surface area contributed by atoms with Crippen LogP contribution >= 0.6 is 0 Å². The summed E-state index contributed by atoms with van der Waals surface area (Å²) in [6.07, 6.45) is 16.8. The second-order valence-corrected chi connectivity index (χ2v) is 9.53. The van der Waals surface area contributed by atoms with E-state index in [0.717, 1.165) is 64.2 Å². The van der Waals surface area contributed by atoms with Crippen molar-refractivity contribution in [3.8, 4) is 0 Å². The van der Waals surface area contributed by atoms with Crippen LogP contribution in [-0.4, -0.2) is 29.4 Å². The van der Waals surface area contributed by atoms with Gasteiger partial charge in [-0.05, 0) is 25.7 Å². The Morgan fingerprint density at radius 2 is 0.962 bits per heavy atom. The molecule has 0 rings (SSSR count). The number of aliphatic hydroxyl groups is 1. The molecule has 0 fully saturated rings. The maximum absolute atomic E-state index is 11.6. The van der Waals surface area contributed by atoms with Crippen LogP contribution in [0.5, 0.6) is 0 Å². The van der Waals surface area contributed by atoms with Crippen molar-refractivity contribution in [2.45, 2.75) is 134 Å². The van der Waals surface area contributed by atoms with Crippen LogP contribution < -0.4 is 0 Å². The maximum Gasteiger partial charge on any atom is 0.267 e. The minimum atomic E-state index is -3.95. The smallest absolute Gasteiger partial charge is 0.267 e. The number of hydrogen-bond donors (Lipinski definition) is 2. The van der Waals surface area contributed by atoms with E-state index >= 15 is 0 Å². The second kappa shape index (κ2) is 17.0. The normalized spacial score (nSPS) is 14.5. The molecule has 0 saturated heterocycles. The van der Waals surface area contributed by atoms with E-state index in [-0.39, 0.29) is 6.10 Å². The van der Waals surface area contributed by atoms with Gasteiger partial charge in [0.25, 0.3) is 10.1 Å². The van der Waals surface area contributed by atoms with Gasteiger partial charge in [0, 0.05) is 0 Å². The van der Waals surface area contributed by atoms with Gasteiger partial charge >= 0.3 is 0 Å². The standard InChI is InChI=1S/C21H44O4S/c1-3-5-7-8-9-10-11-13-18-21(26(23,24)25)19-15-14-17-20(22)16-12-6-4-2/h20-22H,3-19H2,1-2H3,(H,23,24,25). The molecule has 0 bridgehead atoms. The Hall–Kier alpha value is -0.130. The lowest BCUT2D eigenvalue weighted by Crippen LogP contribution is -2.20. The van der Waals surface area contributed by atoms with E-state index < -0.39 is 15.4 Å². The lowest BCUT2D eigenvalue weighted by atomic mass is 10.0. The van der Waals surface area contributed by atoms with E-state index in [9.17, 15) is 18.1 Å². The average Bonchev–Trinajstić information content (AvgIpc) is 2.58. The summed E-state index contributed by atoms with van der Waals surface area (Å²) >= 11 is 0. The molecule has 4 nitrogen and oxygen atoms in total. The van der Waals surface area contributed by atoms with Gasteiger partial charge in [-0.1, -0.05) is 97.3 Å². The molecule has 0 spiro atoms. The van der Waals surface area contributed by atoms with Crippen molar-refractivity contribution in [3.63, 3.8) is 0 Å². The summed E-state index contributed by atoms with van der Waals surface area (Å²) in [7, 11) is -3.95. The highest BCUT2D eigenvalue weighted by molar-refractivity contribution is 7.86. The first-order chi connectivity index (χ1) is 12.4. The van der Waals surface area contributed by atoms with Crippen molar-refractivity contribution >= 4 is 10.1 Å². The Balaban J connectivity index is 3.84. The molecule has 0 aliphatic rings. The van der Waals surface area contributed by atoms with Gasteiger partial charge in [-0.3, -0.25) is 4.55 Å². The van der Waals surface area contributed by atoms with Gasteiger partial charge in [0.1, 0.15) is 0 Å². The summed E-state index contributed by atoms with van der Waals surface area (Å²) in [5.41, 5.74) is 0. The van der Waals surface area contributed by atoms with E-state index in [1.807, 2.05) is 0 Å². The molecule has 0 heterocycles. The number of rotatable bonds is 19. The molecule has 158 valence electrons. The van der Waals surface area contributed by atoms with Gasteiger partial charge in [0.15, 0.2) is 0 Å². The van der Waals surface area contributed by atoms with Gasteiger partial charge < -0.3 is 5.11 Å². The molecule has 0 radical (unpaired) electrons. The summed E-state index contributed by atoms with van der Waals surface area (Å²) in [5.74, 6) is 0. The molecular weight excluding hydrogens is 348 g/mol. The van der Waals surface area contributed by atoms with Crippen LogP contribution in [0.1, 0.15) is 123 Å². The third-order valence-electron chi connectivity index (χ3n) is 5.26. The zero-order valence-electron chi connectivity index (χ0n) is 17.3. The highest BCUT2D eigenvalue weighted by atomic mass is 32.2. The van der Waals surface area contributed by atoms with Crippen molar-refractivity contribution in [1.82, 2.24) is 0 Å². The summed E-state index contributed by atoms with van der Waals surface area (Å²) in [6.45, 7) is 4.36. The van der Waals surface area contributed by atoms with Gasteiger partial charge in [-0.2, -0.15) is 8.42 Å². The zero-order chi connectivity index (χ0) is 19.7. The van der Waals surface area contributed by atoms with E-state index in [4.69, 9.17) is 0 Å². The summed E-state index contributed by atoms with van der Waals surface area (Å²) in [4.78, 5) is 0. The average molecular weight is 393 g/mol. The second-order valence-electron chi connectivity index (χ2n) is 7.83.